The van der Waals surface area contributed by atoms with Crippen molar-refractivity contribution in [2.24, 2.45) is 40.9 Å². The summed E-state index contributed by atoms with van der Waals surface area (Å²) in [5.41, 5.74) is -2.85. The van der Waals surface area contributed by atoms with Gasteiger partial charge in [0.25, 0.3) is 0 Å². The highest BCUT2D eigenvalue weighted by Crippen LogP contribution is 2.65. The van der Waals surface area contributed by atoms with Gasteiger partial charge in [-0.1, -0.05) is 6.92 Å². The minimum absolute atomic E-state index is 0.118. The van der Waals surface area contributed by atoms with Gasteiger partial charge < -0.3 is 5.11 Å². The fraction of sp³-hybridized carbons (Fsp3) is 0.952. The van der Waals surface area contributed by atoms with E-state index in [1.165, 1.54) is 0 Å². The highest BCUT2D eigenvalue weighted by Gasteiger charge is 2.62. The third-order valence-electron chi connectivity index (χ3n) is 9.28. The third-order valence-corrected chi connectivity index (χ3v) is 9.69. The van der Waals surface area contributed by atoms with Crippen molar-refractivity contribution in [2.45, 2.75) is 76.5 Å². The zero-order valence-electron chi connectivity index (χ0n) is 17.6. The molecule has 8 atom stereocenters. The molecule has 178 valence electrons. The summed E-state index contributed by atoms with van der Waals surface area (Å²) in [7, 11) is -4.67. The van der Waals surface area contributed by atoms with E-state index < -0.39 is 28.8 Å². The van der Waals surface area contributed by atoms with Gasteiger partial charge in [0, 0.05) is 5.92 Å². The molecule has 0 saturated heterocycles. The van der Waals surface area contributed by atoms with E-state index in [-0.39, 0.29) is 47.7 Å². The molecule has 0 aromatic heterocycles. The predicted octanol–water partition coefficient (Wildman–Crippen LogP) is 3.94. The summed E-state index contributed by atoms with van der Waals surface area (Å²) in [6.07, 6.45) is -0.0934. The Kier molecular flexibility index (Phi) is 5.80. The molecule has 0 radical (unpaired) electrons. The van der Waals surface area contributed by atoms with E-state index in [1.807, 2.05) is 0 Å². The first kappa shape index (κ1) is 23.4. The van der Waals surface area contributed by atoms with Crippen LogP contribution in [0.3, 0.4) is 0 Å². The van der Waals surface area contributed by atoms with Gasteiger partial charge in [0.15, 0.2) is 11.4 Å². The van der Waals surface area contributed by atoms with E-state index in [1.54, 1.807) is 0 Å². The molecule has 4 aliphatic rings. The topological polar surface area (TPSA) is 101 Å². The molecule has 0 spiro atoms. The second-order valence-electron chi connectivity index (χ2n) is 10.5. The molecule has 0 aromatic carbocycles. The van der Waals surface area contributed by atoms with Crippen LogP contribution in [0, 0.1) is 40.9 Å². The number of aliphatic hydroxyl groups is 1. The van der Waals surface area contributed by atoms with Crippen LogP contribution in [0.1, 0.15) is 64.7 Å². The normalized spacial score (nSPS) is 45.5. The molecule has 1 unspecified atom stereocenters. The van der Waals surface area contributed by atoms with E-state index in [0.29, 0.717) is 31.1 Å². The summed E-state index contributed by atoms with van der Waals surface area (Å²) >= 11 is 0. The van der Waals surface area contributed by atoms with Gasteiger partial charge >= 0.3 is 16.6 Å². The van der Waals surface area contributed by atoms with Gasteiger partial charge in [-0.3, -0.25) is 9.35 Å². The van der Waals surface area contributed by atoms with E-state index in [9.17, 15) is 31.5 Å². The zero-order valence-corrected chi connectivity index (χ0v) is 18.4. The van der Waals surface area contributed by atoms with Crippen LogP contribution in [0.4, 0.5) is 13.2 Å². The van der Waals surface area contributed by atoms with Crippen molar-refractivity contribution in [3.8, 4) is 0 Å². The van der Waals surface area contributed by atoms with Crippen LogP contribution in [0.25, 0.3) is 0 Å². The van der Waals surface area contributed by atoms with Crippen molar-refractivity contribution in [2.75, 3.05) is 6.61 Å². The SMILES string of the molecule is C[C@]12CCC3[C@H]4CC[C@](O)(C(F)(F)F)C[C@H]4CC[C@H]3[C@@H]1CC[C@@H]2C(=O)COS(=O)(=O)O. The summed E-state index contributed by atoms with van der Waals surface area (Å²) in [6, 6.07) is 0. The average Bonchev–Trinajstić information content (AvgIpc) is 3.01. The standard InChI is InChI=1S/C21H31F3O6S/c1-19-8-6-14-13-7-9-20(26,21(22,23)24)10-12(13)2-3-15(14)16(19)4-5-17(19)18(25)11-30-31(27,28)29/h12-17,26H,2-11H2,1H3,(H,27,28,29)/t12-,13+,14?,15-,16+,17-,19+,20-/m1/s1. The molecular formula is C21H31F3O6S. The van der Waals surface area contributed by atoms with Crippen LogP contribution >= 0.6 is 0 Å². The molecule has 4 rings (SSSR count). The molecule has 4 saturated carbocycles. The number of carbonyl (C=O) groups excluding carboxylic acids is 1. The Morgan fingerprint density at radius 2 is 1.71 bits per heavy atom. The number of halogens is 3. The van der Waals surface area contributed by atoms with Crippen molar-refractivity contribution in [1.82, 2.24) is 0 Å². The molecule has 0 bridgehead atoms. The molecule has 4 fully saturated rings. The minimum atomic E-state index is -4.67. The number of rotatable bonds is 4. The molecule has 2 N–H and O–H groups in total. The van der Waals surface area contributed by atoms with Crippen molar-refractivity contribution in [3.63, 3.8) is 0 Å². The molecule has 0 aromatic rings. The maximum atomic E-state index is 13.4. The van der Waals surface area contributed by atoms with Gasteiger partial charge in [-0.25, -0.2) is 4.18 Å². The van der Waals surface area contributed by atoms with Crippen LogP contribution in [0.2, 0.25) is 0 Å². The predicted molar refractivity (Wildman–Crippen MR) is 104 cm³/mol. The van der Waals surface area contributed by atoms with Crippen molar-refractivity contribution in [3.05, 3.63) is 0 Å². The van der Waals surface area contributed by atoms with E-state index in [0.717, 1.165) is 25.7 Å². The number of fused-ring (bicyclic) bond motifs is 5. The first-order chi connectivity index (χ1) is 14.3. The van der Waals surface area contributed by atoms with Gasteiger partial charge in [-0.15, -0.1) is 0 Å². The third kappa shape index (κ3) is 4.06. The van der Waals surface area contributed by atoms with E-state index in [4.69, 9.17) is 4.55 Å². The van der Waals surface area contributed by atoms with Gasteiger partial charge in [-0.2, -0.15) is 21.6 Å². The van der Waals surface area contributed by atoms with Crippen LogP contribution in [-0.4, -0.2) is 42.2 Å². The number of hydrogen-bond donors (Lipinski definition) is 2. The van der Waals surface area contributed by atoms with Crippen LogP contribution in [-0.2, 0) is 19.4 Å². The first-order valence-electron chi connectivity index (χ1n) is 11.2. The molecule has 31 heavy (non-hydrogen) atoms. The quantitative estimate of drug-likeness (QED) is 0.606. The molecule has 4 aliphatic carbocycles. The zero-order chi connectivity index (χ0) is 22.8. The summed E-state index contributed by atoms with van der Waals surface area (Å²) in [4.78, 5) is 12.7. The lowest BCUT2D eigenvalue weighted by molar-refractivity contribution is -0.282. The second kappa shape index (κ2) is 7.67. The monoisotopic (exact) mass is 468 g/mol. The number of alkyl halides is 3. The highest BCUT2D eigenvalue weighted by molar-refractivity contribution is 7.80. The smallest absolute Gasteiger partial charge is 0.380 e. The summed E-state index contributed by atoms with van der Waals surface area (Å²) < 4.78 is 74.8. The lowest BCUT2D eigenvalue weighted by Gasteiger charge is -2.57. The largest absolute Gasteiger partial charge is 0.417 e. The Balaban J connectivity index is 1.46. The van der Waals surface area contributed by atoms with Crippen molar-refractivity contribution >= 4 is 16.2 Å². The van der Waals surface area contributed by atoms with E-state index >= 15 is 0 Å². The Morgan fingerprint density at radius 1 is 1.03 bits per heavy atom. The van der Waals surface area contributed by atoms with E-state index in [2.05, 4.69) is 11.1 Å². The lowest BCUT2D eigenvalue weighted by Crippen LogP contribution is -2.55. The Morgan fingerprint density at radius 3 is 2.35 bits per heavy atom. The average molecular weight is 469 g/mol. The number of ketones is 1. The summed E-state index contributed by atoms with van der Waals surface area (Å²) in [5, 5.41) is 10.2. The van der Waals surface area contributed by atoms with Crippen molar-refractivity contribution < 1.29 is 40.2 Å². The molecule has 10 heteroatoms. The maximum Gasteiger partial charge on any atom is 0.417 e. The van der Waals surface area contributed by atoms with Crippen LogP contribution in [0.15, 0.2) is 0 Å². The van der Waals surface area contributed by atoms with Gasteiger partial charge in [-0.05, 0) is 92.8 Å². The number of Topliss-reactive ketones (excluding diaryl/α,β-unsaturated/α-hetero) is 1. The summed E-state index contributed by atoms with van der Waals surface area (Å²) in [5.74, 6) is 0.351. The Bertz CT molecular complexity index is 829. The highest BCUT2D eigenvalue weighted by atomic mass is 32.3. The Hall–Kier alpha value is -0.710. The van der Waals surface area contributed by atoms with Gasteiger partial charge in [0.05, 0.1) is 0 Å². The van der Waals surface area contributed by atoms with Crippen LogP contribution in [0.5, 0.6) is 0 Å². The lowest BCUT2D eigenvalue weighted by atomic mass is 9.49. The fourth-order valence-electron chi connectivity index (χ4n) is 7.90. The number of carbonyl (C=O) groups is 1. The fourth-order valence-corrected chi connectivity index (χ4v) is 8.16. The number of hydrogen-bond acceptors (Lipinski definition) is 5. The van der Waals surface area contributed by atoms with Gasteiger partial charge in [0.1, 0.15) is 6.61 Å². The molecule has 0 heterocycles. The summed E-state index contributed by atoms with van der Waals surface area (Å²) in [6.45, 7) is 1.41. The molecule has 0 aliphatic heterocycles. The van der Waals surface area contributed by atoms with Crippen molar-refractivity contribution in [1.29, 1.82) is 0 Å². The first-order valence-corrected chi connectivity index (χ1v) is 12.6. The maximum absolute atomic E-state index is 13.4. The van der Waals surface area contributed by atoms with Crippen LogP contribution < -0.4 is 0 Å². The molecular weight excluding hydrogens is 437 g/mol. The Labute approximate surface area is 180 Å². The minimum Gasteiger partial charge on any atom is -0.380 e. The molecule has 0 amide bonds. The van der Waals surface area contributed by atoms with Gasteiger partial charge in [0.2, 0.25) is 0 Å². The molecule has 6 nitrogen and oxygen atoms in total. The second-order valence-corrected chi connectivity index (χ2v) is 11.6.